The quantitative estimate of drug-likeness (QED) is 0.804. The van der Waals surface area contributed by atoms with Crippen LogP contribution in [-0.4, -0.2) is 29.7 Å². The van der Waals surface area contributed by atoms with Crippen LogP contribution in [-0.2, 0) is 17.7 Å². The average Bonchev–Trinajstić information content (AvgIpc) is 2.34. The molecule has 0 aliphatic carbocycles. The fraction of sp³-hybridized carbons (Fsp3) is 0.667. The van der Waals surface area contributed by atoms with Crippen LogP contribution in [0.25, 0.3) is 0 Å². The summed E-state index contributed by atoms with van der Waals surface area (Å²) in [6.07, 6.45) is 5.96. The Labute approximate surface area is 101 Å². The van der Waals surface area contributed by atoms with E-state index in [0.29, 0.717) is 18.5 Å². The van der Waals surface area contributed by atoms with Gasteiger partial charge in [0.1, 0.15) is 5.82 Å². The van der Waals surface area contributed by atoms with E-state index in [1.54, 1.807) is 6.20 Å². The van der Waals surface area contributed by atoms with E-state index < -0.39 is 0 Å². The van der Waals surface area contributed by atoms with Gasteiger partial charge in [-0.15, -0.1) is 0 Å². The zero-order valence-electron chi connectivity index (χ0n) is 10.2. The zero-order chi connectivity index (χ0) is 12.1. The number of aromatic amines is 1. The molecule has 0 aromatic carbocycles. The van der Waals surface area contributed by atoms with E-state index >= 15 is 0 Å². The van der Waals surface area contributed by atoms with Crippen molar-refractivity contribution in [1.29, 1.82) is 0 Å². The Kier molecular flexibility index (Phi) is 4.28. The van der Waals surface area contributed by atoms with Crippen molar-refractivity contribution in [3.63, 3.8) is 0 Å². The van der Waals surface area contributed by atoms with Gasteiger partial charge in [0.05, 0.1) is 6.10 Å². The maximum absolute atomic E-state index is 11.7. The Morgan fingerprint density at radius 1 is 1.59 bits per heavy atom. The van der Waals surface area contributed by atoms with Gasteiger partial charge in [-0.25, -0.2) is 4.98 Å². The Morgan fingerprint density at radius 3 is 3.12 bits per heavy atom. The van der Waals surface area contributed by atoms with Gasteiger partial charge in [-0.05, 0) is 26.3 Å². The Balaban J connectivity index is 2.01. The van der Waals surface area contributed by atoms with Crippen molar-refractivity contribution in [2.24, 2.45) is 0 Å². The number of rotatable bonds is 4. The number of aromatic nitrogens is 2. The molecule has 0 saturated carbocycles. The summed E-state index contributed by atoms with van der Waals surface area (Å²) in [4.78, 5) is 18.8. The zero-order valence-corrected chi connectivity index (χ0v) is 10.2. The molecule has 0 amide bonds. The van der Waals surface area contributed by atoms with Crippen LogP contribution in [0.4, 0.5) is 0 Å². The molecule has 1 saturated heterocycles. The van der Waals surface area contributed by atoms with Gasteiger partial charge in [0.15, 0.2) is 0 Å². The van der Waals surface area contributed by atoms with E-state index in [1.807, 2.05) is 7.05 Å². The summed E-state index contributed by atoms with van der Waals surface area (Å²) in [5.41, 5.74) is 0.612. The molecule has 5 nitrogen and oxygen atoms in total. The lowest BCUT2D eigenvalue weighted by Crippen LogP contribution is -2.25. The van der Waals surface area contributed by atoms with Crippen molar-refractivity contribution in [2.75, 3.05) is 13.7 Å². The van der Waals surface area contributed by atoms with Crippen molar-refractivity contribution < 1.29 is 4.74 Å². The molecule has 0 radical (unpaired) electrons. The molecule has 1 unspecified atom stereocenters. The second kappa shape index (κ2) is 5.93. The Bertz CT molecular complexity index is 410. The molecule has 17 heavy (non-hydrogen) atoms. The van der Waals surface area contributed by atoms with Crippen molar-refractivity contribution in [3.05, 3.63) is 27.9 Å². The summed E-state index contributed by atoms with van der Waals surface area (Å²) in [7, 11) is 1.81. The van der Waals surface area contributed by atoms with Crippen molar-refractivity contribution in [2.45, 2.75) is 38.3 Å². The fourth-order valence-electron chi connectivity index (χ4n) is 2.06. The van der Waals surface area contributed by atoms with Gasteiger partial charge in [-0.3, -0.25) is 4.79 Å². The van der Waals surface area contributed by atoms with E-state index in [1.165, 1.54) is 6.42 Å². The minimum absolute atomic E-state index is 0.0554. The first kappa shape index (κ1) is 12.3. The Hall–Kier alpha value is -1.20. The first-order valence-corrected chi connectivity index (χ1v) is 6.13. The molecular weight excluding hydrogens is 218 g/mol. The Morgan fingerprint density at radius 2 is 2.47 bits per heavy atom. The summed E-state index contributed by atoms with van der Waals surface area (Å²) in [6.45, 7) is 1.37. The molecule has 0 bridgehead atoms. The highest BCUT2D eigenvalue weighted by Crippen LogP contribution is 2.15. The molecule has 1 aliphatic rings. The summed E-state index contributed by atoms with van der Waals surface area (Å²) in [5.74, 6) is 0.724. The van der Waals surface area contributed by atoms with E-state index in [4.69, 9.17) is 4.74 Å². The molecule has 5 heteroatoms. The predicted octanol–water partition coefficient (Wildman–Crippen LogP) is 0.601. The lowest BCUT2D eigenvalue weighted by atomic mass is 10.1. The van der Waals surface area contributed by atoms with Crippen LogP contribution in [0.2, 0.25) is 0 Å². The first-order valence-electron chi connectivity index (χ1n) is 6.13. The third-order valence-corrected chi connectivity index (χ3v) is 2.99. The predicted molar refractivity (Wildman–Crippen MR) is 64.9 cm³/mol. The standard InChI is InChI=1S/C12H19N3O2/c1-13-7-9-8-14-11(15-12(9)16)6-10-4-2-3-5-17-10/h8,10,13H,2-7H2,1H3,(H,14,15,16). The highest BCUT2D eigenvalue weighted by Gasteiger charge is 2.15. The highest BCUT2D eigenvalue weighted by atomic mass is 16.5. The van der Waals surface area contributed by atoms with Crippen LogP contribution >= 0.6 is 0 Å². The van der Waals surface area contributed by atoms with Gasteiger partial charge >= 0.3 is 0 Å². The fourth-order valence-corrected chi connectivity index (χ4v) is 2.06. The maximum atomic E-state index is 11.7. The van der Waals surface area contributed by atoms with E-state index in [9.17, 15) is 4.79 Å². The van der Waals surface area contributed by atoms with E-state index in [2.05, 4.69) is 15.3 Å². The van der Waals surface area contributed by atoms with Crippen LogP contribution in [0.5, 0.6) is 0 Å². The molecule has 1 fully saturated rings. The van der Waals surface area contributed by atoms with Crippen LogP contribution in [0.3, 0.4) is 0 Å². The van der Waals surface area contributed by atoms with Gasteiger partial charge in [-0.2, -0.15) is 0 Å². The molecule has 0 spiro atoms. The van der Waals surface area contributed by atoms with E-state index in [-0.39, 0.29) is 11.7 Å². The smallest absolute Gasteiger partial charge is 0.255 e. The van der Waals surface area contributed by atoms with Gasteiger partial charge < -0.3 is 15.0 Å². The number of nitrogens with zero attached hydrogens (tertiary/aromatic N) is 1. The molecule has 94 valence electrons. The monoisotopic (exact) mass is 237 g/mol. The van der Waals surface area contributed by atoms with E-state index in [0.717, 1.165) is 25.3 Å². The lowest BCUT2D eigenvalue weighted by molar-refractivity contribution is 0.0156. The topological polar surface area (TPSA) is 67.0 Å². The summed E-state index contributed by atoms with van der Waals surface area (Å²) < 4.78 is 5.63. The molecule has 1 aliphatic heterocycles. The van der Waals surface area contributed by atoms with Crippen LogP contribution < -0.4 is 10.9 Å². The lowest BCUT2D eigenvalue weighted by Gasteiger charge is -2.21. The molecule has 2 rings (SSSR count). The van der Waals surface area contributed by atoms with Crippen molar-refractivity contribution in [3.8, 4) is 0 Å². The van der Waals surface area contributed by atoms with Gasteiger partial charge in [0.25, 0.3) is 5.56 Å². The van der Waals surface area contributed by atoms with Gasteiger partial charge in [0.2, 0.25) is 0 Å². The second-order valence-electron chi connectivity index (χ2n) is 4.41. The maximum Gasteiger partial charge on any atom is 0.255 e. The number of hydrogen-bond donors (Lipinski definition) is 2. The molecule has 1 aromatic heterocycles. The minimum atomic E-state index is -0.0554. The van der Waals surface area contributed by atoms with Gasteiger partial charge in [-0.1, -0.05) is 0 Å². The third-order valence-electron chi connectivity index (χ3n) is 2.99. The molecule has 2 heterocycles. The highest BCUT2D eigenvalue weighted by molar-refractivity contribution is 5.06. The molecular formula is C12H19N3O2. The summed E-state index contributed by atoms with van der Waals surface area (Å²) >= 11 is 0. The number of hydrogen-bond acceptors (Lipinski definition) is 4. The van der Waals surface area contributed by atoms with Crippen LogP contribution in [0.15, 0.2) is 11.0 Å². The number of H-pyrrole nitrogens is 1. The first-order chi connectivity index (χ1) is 8.29. The molecule has 2 N–H and O–H groups in total. The number of nitrogens with one attached hydrogen (secondary N) is 2. The van der Waals surface area contributed by atoms with Crippen molar-refractivity contribution in [1.82, 2.24) is 15.3 Å². The van der Waals surface area contributed by atoms with Crippen LogP contribution in [0, 0.1) is 0 Å². The summed E-state index contributed by atoms with van der Waals surface area (Å²) in [6, 6.07) is 0. The van der Waals surface area contributed by atoms with Gasteiger partial charge in [0, 0.05) is 31.3 Å². The molecule has 1 atom stereocenters. The third kappa shape index (κ3) is 3.38. The second-order valence-corrected chi connectivity index (χ2v) is 4.41. The normalized spacial score (nSPS) is 20.4. The van der Waals surface area contributed by atoms with Crippen LogP contribution in [0.1, 0.15) is 30.7 Å². The largest absolute Gasteiger partial charge is 0.378 e. The minimum Gasteiger partial charge on any atom is -0.378 e. The SMILES string of the molecule is CNCc1cnc(CC2CCCCO2)[nH]c1=O. The summed E-state index contributed by atoms with van der Waals surface area (Å²) in [5, 5.41) is 2.94. The number of ether oxygens (including phenoxy) is 1. The average molecular weight is 237 g/mol. The van der Waals surface area contributed by atoms with Crippen molar-refractivity contribution >= 4 is 0 Å². The molecule has 1 aromatic rings.